The highest BCUT2D eigenvalue weighted by molar-refractivity contribution is 9.11. The molecule has 0 amide bonds. The van der Waals surface area contributed by atoms with Gasteiger partial charge in [0.1, 0.15) is 5.84 Å². The molecule has 0 saturated carbocycles. The van der Waals surface area contributed by atoms with Crippen molar-refractivity contribution in [1.29, 1.82) is 0 Å². The van der Waals surface area contributed by atoms with E-state index in [0.717, 1.165) is 8.66 Å². The standard InChI is InChI=1S/C9H13BrN2S/c1-9(2,3)12-8(11)6-4-5-7(10)13-6/h4-5H,1-3H3,(H2,11,12). The van der Waals surface area contributed by atoms with Gasteiger partial charge in [0.15, 0.2) is 0 Å². The third kappa shape index (κ3) is 3.48. The Labute approximate surface area is 91.0 Å². The van der Waals surface area contributed by atoms with Crippen molar-refractivity contribution in [1.82, 2.24) is 0 Å². The number of amidine groups is 1. The van der Waals surface area contributed by atoms with E-state index in [1.54, 1.807) is 11.3 Å². The van der Waals surface area contributed by atoms with Crippen LogP contribution in [0.4, 0.5) is 0 Å². The molecule has 0 aliphatic carbocycles. The van der Waals surface area contributed by atoms with Gasteiger partial charge in [-0.1, -0.05) is 0 Å². The highest BCUT2D eigenvalue weighted by Crippen LogP contribution is 2.22. The minimum atomic E-state index is -0.111. The molecule has 1 aromatic rings. The molecule has 0 aliphatic heterocycles. The van der Waals surface area contributed by atoms with Crippen LogP contribution in [0.1, 0.15) is 25.6 Å². The number of thiophene rings is 1. The Bertz CT molecular complexity index is 323. The smallest absolute Gasteiger partial charge is 0.136 e. The van der Waals surface area contributed by atoms with Gasteiger partial charge < -0.3 is 5.73 Å². The topological polar surface area (TPSA) is 38.4 Å². The van der Waals surface area contributed by atoms with Crippen LogP contribution in [0, 0.1) is 0 Å². The first kappa shape index (κ1) is 10.7. The number of hydrogen-bond acceptors (Lipinski definition) is 2. The van der Waals surface area contributed by atoms with E-state index >= 15 is 0 Å². The third-order valence-electron chi connectivity index (χ3n) is 1.28. The second-order valence-corrected chi connectivity index (χ2v) is 6.23. The summed E-state index contributed by atoms with van der Waals surface area (Å²) in [5.74, 6) is 0.614. The maximum atomic E-state index is 5.83. The van der Waals surface area contributed by atoms with Crippen LogP contribution in [0.3, 0.4) is 0 Å². The second kappa shape index (κ2) is 3.80. The number of nitrogens with zero attached hydrogens (tertiary/aromatic N) is 1. The number of nitrogens with two attached hydrogens (primary N) is 1. The van der Waals surface area contributed by atoms with E-state index in [4.69, 9.17) is 5.73 Å². The molecule has 0 bridgehead atoms. The first-order chi connectivity index (χ1) is 5.88. The van der Waals surface area contributed by atoms with E-state index in [2.05, 4.69) is 20.9 Å². The van der Waals surface area contributed by atoms with Crippen LogP contribution in [0.25, 0.3) is 0 Å². The fourth-order valence-corrected chi connectivity index (χ4v) is 2.16. The van der Waals surface area contributed by atoms with Gasteiger partial charge in [0.2, 0.25) is 0 Å². The molecular formula is C9H13BrN2S. The molecule has 0 fully saturated rings. The fourth-order valence-electron chi connectivity index (χ4n) is 0.868. The zero-order valence-electron chi connectivity index (χ0n) is 7.97. The van der Waals surface area contributed by atoms with Gasteiger partial charge in [-0.2, -0.15) is 0 Å². The van der Waals surface area contributed by atoms with E-state index in [0.29, 0.717) is 5.84 Å². The summed E-state index contributed by atoms with van der Waals surface area (Å²) in [5, 5.41) is 0. The summed E-state index contributed by atoms with van der Waals surface area (Å²) in [7, 11) is 0. The lowest BCUT2D eigenvalue weighted by molar-refractivity contribution is 0.583. The average molecular weight is 261 g/mol. The Morgan fingerprint density at radius 3 is 2.46 bits per heavy atom. The summed E-state index contributed by atoms with van der Waals surface area (Å²) < 4.78 is 1.08. The van der Waals surface area contributed by atoms with Crippen LogP contribution < -0.4 is 5.73 Å². The van der Waals surface area contributed by atoms with Crippen molar-refractivity contribution in [3.63, 3.8) is 0 Å². The second-order valence-electron chi connectivity index (χ2n) is 3.77. The normalized spacial score (nSPS) is 13.4. The highest BCUT2D eigenvalue weighted by Gasteiger charge is 2.10. The Kier molecular flexibility index (Phi) is 3.14. The van der Waals surface area contributed by atoms with Crippen LogP contribution in [0.5, 0.6) is 0 Å². The van der Waals surface area contributed by atoms with E-state index in [1.807, 2.05) is 32.9 Å². The number of aliphatic imine (C=N–C) groups is 1. The summed E-state index contributed by atoms with van der Waals surface area (Å²) in [5.41, 5.74) is 5.72. The molecule has 0 radical (unpaired) electrons. The van der Waals surface area contributed by atoms with Gasteiger partial charge in [0.25, 0.3) is 0 Å². The molecule has 0 spiro atoms. The van der Waals surface area contributed by atoms with Crippen molar-refractivity contribution in [2.75, 3.05) is 0 Å². The molecule has 72 valence electrons. The summed E-state index contributed by atoms with van der Waals surface area (Å²) in [6.07, 6.45) is 0. The largest absolute Gasteiger partial charge is 0.383 e. The van der Waals surface area contributed by atoms with Crippen LogP contribution in [0.15, 0.2) is 20.9 Å². The molecule has 0 atom stereocenters. The first-order valence-electron chi connectivity index (χ1n) is 3.99. The van der Waals surface area contributed by atoms with E-state index in [1.165, 1.54) is 0 Å². The quantitative estimate of drug-likeness (QED) is 0.612. The number of rotatable bonds is 1. The van der Waals surface area contributed by atoms with Crippen molar-refractivity contribution in [2.24, 2.45) is 10.7 Å². The van der Waals surface area contributed by atoms with Gasteiger partial charge in [-0.3, -0.25) is 4.99 Å². The molecular weight excluding hydrogens is 248 g/mol. The van der Waals surface area contributed by atoms with Gasteiger partial charge in [-0.15, -0.1) is 11.3 Å². The maximum absolute atomic E-state index is 5.83. The predicted molar refractivity (Wildman–Crippen MR) is 62.5 cm³/mol. The van der Waals surface area contributed by atoms with E-state index in [-0.39, 0.29) is 5.54 Å². The molecule has 2 N–H and O–H groups in total. The van der Waals surface area contributed by atoms with Gasteiger partial charge in [-0.05, 0) is 48.8 Å². The van der Waals surface area contributed by atoms with Crippen molar-refractivity contribution >= 4 is 33.1 Å². The minimum absolute atomic E-state index is 0.111. The molecule has 0 aliphatic rings. The van der Waals surface area contributed by atoms with Crippen LogP contribution >= 0.6 is 27.3 Å². The van der Waals surface area contributed by atoms with Gasteiger partial charge >= 0.3 is 0 Å². The Hall–Kier alpha value is -0.350. The Balaban J connectivity index is 2.91. The number of hydrogen-bond donors (Lipinski definition) is 1. The van der Waals surface area contributed by atoms with Crippen LogP contribution in [0.2, 0.25) is 0 Å². The lowest BCUT2D eigenvalue weighted by Crippen LogP contribution is -2.20. The molecule has 0 saturated heterocycles. The lowest BCUT2D eigenvalue weighted by atomic mass is 10.1. The molecule has 0 aromatic carbocycles. The average Bonchev–Trinajstić information content (AvgIpc) is 2.31. The summed E-state index contributed by atoms with van der Waals surface area (Å²) in [4.78, 5) is 5.39. The zero-order chi connectivity index (χ0) is 10.1. The lowest BCUT2D eigenvalue weighted by Gasteiger charge is -2.12. The summed E-state index contributed by atoms with van der Waals surface area (Å²) in [6.45, 7) is 6.09. The van der Waals surface area contributed by atoms with Crippen molar-refractivity contribution < 1.29 is 0 Å². The van der Waals surface area contributed by atoms with Gasteiger partial charge in [0.05, 0.1) is 14.2 Å². The summed E-state index contributed by atoms with van der Waals surface area (Å²) >= 11 is 4.99. The monoisotopic (exact) mass is 260 g/mol. The Morgan fingerprint density at radius 2 is 2.08 bits per heavy atom. The zero-order valence-corrected chi connectivity index (χ0v) is 10.4. The molecule has 1 rings (SSSR count). The van der Waals surface area contributed by atoms with Gasteiger partial charge in [0, 0.05) is 0 Å². The molecule has 1 aromatic heterocycles. The summed E-state index contributed by atoms with van der Waals surface area (Å²) in [6, 6.07) is 3.95. The fraction of sp³-hybridized carbons (Fsp3) is 0.444. The molecule has 2 nitrogen and oxygen atoms in total. The van der Waals surface area contributed by atoms with E-state index in [9.17, 15) is 0 Å². The van der Waals surface area contributed by atoms with E-state index < -0.39 is 0 Å². The van der Waals surface area contributed by atoms with Crippen molar-refractivity contribution in [2.45, 2.75) is 26.3 Å². The Morgan fingerprint density at radius 1 is 1.46 bits per heavy atom. The SMILES string of the molecule is CC(C)(C)N=C(N)c1ccc(Br)s1. The maximum Gasteiger partial charge on any atom is 0.136 e. The highest BCUT2D eigenvalue weighted by atomic mass is 79.9. The number of halogens is 1. The molecule has 4 heteroatoms. The first-order valence-corrected chi connectivity index (χ1v) is 5.60. The minimum Gasteiger partial charge on any atom is -0.383 e. The molecule has 1 heterocycles. The van der Waals surface area contributed by atoms with Crippen molar-refractivity contribution in [3.8, 4) is 0 Å². The van der Waals surface area contributed by atoms with Crippen LogP contribution in [-0.2, 0) is 0 Å². The predicted octanol–water partition coefficient (Wildman–Crippen LogP) is 3.01. The third-order valence-corrected chi connectivity index (χ3v) is 2.93. The van der Waals surface area contributed by atoms with Crippen LogP contribution in [-0.4, -0.2) is 11.4 Å². The molecule has 13 heavy (non-hydrogen) atoms. The van der Waals surface area contributed by atoms with Crippen molar-refractivity contribution in [3.05, 3.63) is 20.8 Å². The molecule has 0 unspecified atom stereocenters. The van der Waals surface area contributed by atoms with Gasteiger partial charge in [-0.25, -0.2) is 0 Å².